The molecule has 1 N–H and O–H groups in total. The number of ether oxygens (including phenoxy) is 4. The molecule has 1 aliphatic carbocycles. The highest BCUT2D eigenvalue weighted by Crippen LogP contribution is 2.43. The van der Waals surface area contributed by atoms with E-state index in [4.69, 9.17) is 29.0 Å². The van der Waals surface area contributed by atoms with E-state index in [2.05, 4.69) is 20.1 Å². The lowest BCUT2D eigenvalue weighted by Gasteiger charge is -2.24. The highest BCUT2D eigenvalue weighted by atomic mass is 19.1. The first-order valence-corrected chi connectivity index (χ1v) is 16.3. The van der Waals surface area contributed by atoms with Crippen LogP contribution in [0.3, 0.4) is 0 Å². The third kappa shape index (κ3) is 5.89. The molecule has 0 bridgehead atoms. The molecular weight excluding hydrogens is 629 g/mol. The number of aromatic nitrogens is 4. The van der Waals surface area contributed by atoms with Crippen molar-refractivity contribution in [2.24, 2.45) is 0 Å². The van der Waals surface area contributed by atoms with Gasteiger partial charge >= 0.3 is 0 Å². The second-order valence-electron chi connectivity index (χ2n) is 12.4. The molecule has 2 aliphatic heterocycles. The molecule has 49 heavy (non-hydrogen) atoms. The number of carbonyl (C=O) groups excluding carboxylic acids is 1. The van der Waals surface area contributed by atoms with Crippen LogP contribution in [0, 0.1) is 0 Å². The van der Waals surface area contributed by atoms with Crippen LogP contribution < -0.4 is 24.6 Å². The average Bonchev–Trinajstić information content (AvgIpc) is 3.59. The zero-order chi connectivity index (χ0) is 33.6. The highest BCUT2D eigenvalue weighted by Gasteiger charge is 2.39. The smallest absolute Gasteiger partial charge is 0.271 e. The molecule has 3 aliphatic rings. The van der Waals surface area contributed by atoms with Crippen LogP contribution in [0.25, 0.3) is 16.9 Å². The first-order chi connectivity index (χ1) is 23.9. The van der Waals surface area contributed by atoms with Crippen molar-refractivity contribution in [1.29, 1.82) is 0 Å². The van der Waals surface area contributed by atoms with Crippen LogP contribution >= 0.6 is 0 Å². The SMILES string of the molecule is COc1ccc(CN(C)c2cc(N3CCc4c(-c5ccc(C6OCCO6)cn5)cc(OC)cc43)nn3c(C(=O)N[C@@H]4C[C@@H]4F)cnc23)cc1. The molecule has 2 atom stereocenters. The number of halogens is 1. The number of carbonyl (C=O) groups is 1. The maximum Gasteiger partial charge on any atom is 0.271 e. The highest BCUT2D eigenvalue weighted by molar-refractivity contribution is 5.94. The Balaban J connectivity index is 1.19. The van der Waals surface area contributed by atoms with Gasteiger partial charge in [-0.3, -0.25) is 9.78 Å². The predicted octanol–water partition coefficient (Wildman–Crippen LogP) is 5.02. The number of anilines is 3. The molecule has 0 unspecified atom stereocenters. The topological polar surface area (TPSA) is 116 Å². The predicted molar refractivity (Wildman–Crippen MR) is 180 cm³/mol. The van der Waals surface area contributed by atoms with Crippen LogP contribution in [-0.2, 0) is 22.4 Å². The molecule has 12 nitrogen and oxygen atoms in total. The molecule has 3 aromatic heterocycles. The summed E-state index contributed by atoms with van der Waals surface area (Å²) < 4.78 is 37.7. The van der Waals surface area contributed by atoms with Gasteiger partial charge in [0.15, 0.2) is 23.4 Å². The van der Waals surface area contributed by atoms with Crippen LogP contribution in [0.4, 0.5) is 21.6 Å². The summed E-state index contributed by atoms with van der Waals surface area (Å²) in [5.74, 6) is 1.67. The minimum Gasteiger partial charge on any atom is -0.497 e. The van der Waals surface area contributed by atoms with Gasteiger partial charge in [0.1, 0.15) is 17.7 Å². The van der Waals surface area contributed by atoms with Crippen LogP contribution in [0.2, 0.25) is 0 Å². The van der Waals surface area contributed by atoms with E-state index in [0.717, 1.165) is 51.5 Å². The summed E-state index contributed by atoms with van der Waals surface area (Å²) >= 11 is 0. The molecule has 8 rings (SSSR count). The number of hydrogen-bond acceptors (Lipinski definition) is 10. The lowest BCUT2D eigenvalue weighted by molar-refractivity contribution is -0.0443. The maximum absolute atomic E-state index is 13.7. The molecule has 0 radical (unpaired) electrons. The summed E-state index contributed by atoms with van der Waals surface area (Å²) in [6.45, 7) is 2.33. The van der Waals surface area contributed by atoms with Crippen LogP contribution in [0.5, 0.6) is 11.5 Å². The fourth-order valence-electron chi connectivity index (χ4n) is 6.47. The summed E-state index contributed by atoms with van der Waals surface area (Å²) in [6, 6.07) is 17.4. The number of hydrogen-bond donors (Lipinski definition) is 1. The second kappa shape index (κ2) is 12.6. The van der Waals surface area contributed by atoms with Gasteiger partial charge in [-0.2, -0.15) is 0 Å². The fraction of sp³-hybridized carbons (Fsp3) is 0.333. The van der Waals surface area contributed by atoms with E-state index in [9.17, 15) is 9.18 Å². The molecule has 5 heterocycles. The number of nitrogens with zero attached hydrogens (tertiary/aromatic N) is 6. The molecule has 252 valence electrons. The lowest BCUT2D eigenvalue weighted by atomic mass is 10.0. The molecule has 1 amide bonds. The Kier molecular flexibility index (Phi) is 8.00. The number of fused-ring (bicyclic) bond motifs is 2. The molecule has 13 heteroatoms. The van der Waals surface area contributed by atoms with E-state index in [1.807, 2.05) is 61.6 Å². The van der Waals surface area contributed by atoms with Gasteiger partial charge < -0.3 is 34.1 Å². The number of imidazole rings is 1. The average molecular weight is 666 g/mol. The summed E-state index contributed by atoms with van der Waals surface area (Å²) in [5, 5.41) is 7.74. The quantitative estimate of drug-likeness (QED) is 0.218. The van der Waals surface area contributed by atoms with Crippen LogP contribution in [-0.4, -0.2) is 78.7 Å². The number of amides is 1. The van der Waals surface area contributed by atoms with Gasteiger partial charge in [0.05, 0.1) is 56.7 Å². The Morgan fingerprint density at radius 3 is 2.49 bits per heavy atom. The summed E-state index contributed by atoms with van der Waals surface area (Å²) in [4.78, 5) is 26.9. The van der Waals surface area contributed by atoms with E-state index < -0.39 is 24.4 Å². The lowest BCUT2D eigenvalue weighted by Crippen LogP contribution is -2.29. The monoisotopic (exact) mass is 665 g/mol. The number of methoxy groups -OCH3 is 2. The Hall–Kier alpha value is -5.27. The fourth-order valence-corrected chi connectivity index (χ4v) is 6.47. The Labute approximate surface area is 282 Å². The van der Waals surface area contributed by atoms with Gasteiger partial charge in [0, 0.05) is 56.0 Å². The van der Waals surface area contributed by atoms with Gasteiger partial charge in [-0.1, -0.05) is 18.2 Å². The molecule has 5 aromatic rings. The van der Waals surface area contributed by atoms with Crippen LogP contribution in [0.15, 0.2) is 67.0 Å². The van der Waals surface area contributed by atoms with Crippen molar-refractivity contribution in [3.05, 3.63) is 89.4 Å². The van der Waals surface area contributed by atoms with Gasteiger partial charge in [-0.15, -0.1) is 5.10 Å². The van der Waals surface area contributed by atoms with Gasteiger partial charge in [0.2, 0.25) is 0 Å². The van der Waals surface area contributed by atoms with Crippen molar-refractivity contribution in [2.75, 3.05) is 50.8 Å². The minimum atomic E-state index is -1.03. The molecule has 0 spiro atoms. The van der Waals surface area contributed by atoms with Gasteiger partial charge in [-0.05, 0) is 41.8 Å². The van der Waals surface area contributed by atoms with E-state index in [0.29, 0.717) is 49.9 Å². The molecule has 2 aromatic carbocycles. The normalized spacial score (nSPS) is 18.5. The number of alkyl halides is 1. The summed E-state index contributed by atoms with van der Waals surface area (Å²) in [6.07, 6.45) is 2.91. The van der Waals surface area contributed by atoms with Crippen molar-refractivity contribution in [1.82, 2.24) is 24.9 Å². The van der Waals surface area contributed by atoms with Gasteiger partial charge in [-0.25, -0.2) is 13.9 Å². The zero-order valence-electron chi connectivity index (χ0n) is 27.4. The van der Waals surface area contributed by atoms with Crippen molar-refractivity contribution < 1.29 is 28.1 Å². The molecule has 1 saturated carbocycles. The Morgan fingerprint density at radius 1 is 1.02 bits per heavy atom. The van der Waals surface area contributed by atoms with Crippen molar-refractivity contribution in [3.63, 3.8) is 0 Å². The Morgan fingerprint density at radius 2 is 1.80 bits per heavy atom. The number of pyridine rings is 1. The first kappa shape index (κ1) is 31.0. The van der Waals surface area contributed by atoms with Crippen molar-refractivity contribution in [3.8, 4) is 22.8 Å². The molecular formula is C36H36FN7O5. The van der Waals surface area contributed by atoms with Crippen molar-refractivity contribution in [2.45, 2.75) is 37.9 Å². The maximum atomic E-state index is 13.7. The van der Waals surface area contributed by atoms with E-state index in [1.54, 1.807) is 24.9 Å². The minimum absolute atomic E-state index is 0.236. The third-order valence-electron chi connectivity index (χ3n) is 9.23. The number of benzene rings is 2. The summed E-state index contributed by atoms with van der Waals surface area (Å²) in [7, 11) is 5.26. The largest absolute Gasteiger partial charge is 0.497 e. The molecule has 1 saturated heterocycles. The van der Waals surface area contributed by atoms with Crippen molar-refractivity contribution >= 4 is 28.7 Å². The standard InChI is InChI=1S/C36H36FN7O5/c1-42(20-21-4-7-23(46-2)8-5-21)31-17-33(41-44-32(19-39-34(31)44)35(45)40-29-16-27(29)37)43-11-10-25-26(14-24(47-3)15-30(25)43)28-9-6-22(18-38-28)36-48-12-13-49-36/h4-9,14-15,17-19,27,29,36H,10-13,16,20H2,1-3H3,(H,40,45)/t27-,29+/m0/s1. The second-order valence-corrected chi connectivity index (χ2v) is 12.4. The van der Waals surface area contributed by atoms with E-state index >= 15 is 0 Å². The Bertz CT molecular complexity index is 2010. The summed E-state index contributed by atoms with van der Waals surface area (Å²) in [5.41, 5.74) is 7.28. The number of rotatable bonds is 10. The number of nitrogens with one attached hydrogen (secondary N) is 1. The van der Waals surface area contributed by atoms with E-state index in [1.165, 1.54) is 6.20 Å². The van der Waals surface area contributed by atoms with Crippen LogP contribution in [0.1, 0.15) is 39.9 Å². The zero-order valence-corrected chi connectivity index (χ0v) is 27.4. The first-order valence-electron chi connectivity index (χ1n) is 16.3. The third-order valence-corrected chi connectivity index (χ3v) is 9.23. The van der Waals surface area contributed by atoms with Gasteiger partial charge in [0.25, 0.3) is 5.91 Å². The van der Waals surface area contributed by atoms with E-state index in [-0.39, 0.29) is 5.69 Å². The molecule has 2 fully saturated rings.